The van der Waals surface area contributed by atoms with Crippen LogP contribution in [0.25, 0.3) is 0 Å². The maximum absolute atomic E-state index is 3.53. The average Bonchev–Trinajstić information content (AvgIpc) is 2.87. The van der Waals surface area contributed by atoms with Crippen LogP contribution < -0.4 is 5.32 Å². The highest BCUT2D eigenvalue weighted by Crippen LogP contribution is 2.09. The van der Waals surface area contributed by atoms with Gasteiger partial charge in [0.15, 0.2) is 0 Å². The third kappa shape index (κ3) is 3.97. The molecule has 0 atom stereocenters. The monoisotopic (exact) mass is 256 g/mol. The summed E-state index contributed by atoms with van der Waals surface area (Å²) in [5.74, 6) is 0. The lowest BCUT2D eigenvalue weighted by Crippen LogP contribution is -2.13. The Hall–Kier alpha value is -1.54. The van der Waals surface area contributed by atoms with Crippen LogP contribution in [-0.4, -0.2) is 4.57 Å². The lowest BCUT2D eigenvalue weighted by Gasteiger charge is -2.08. The Bertz CT molecular complexity index is 499. The van der Waals surface area contributed by atoms with E-state index in [9.17, 15) is 0 Å². The molecule has 0 bridgehead atoms. The van der Waals surface area contributed by atoms with E-state index >= 15 is 0 Å². The largest absolute Gasteiger partial charge is 0.354 e. The van der Waals surface area contributed by atoms with E-state index in [0.717, 1.165) is 26.1 Å². The third-order valence-electron chi connectivity index (χ3n) is 3.44. The minimum absolute atomic E-state index is 0.939. The van der Waals surface area contributed by atoms with Gasteiger partial charge in [0, 0.05) is 32.0 Å². The van der Waals surface area contributed by atoms with Crippen molar-refractivity contribution in [3.63, 3.8) is 0 Å². The van der Waals surface area contributed by atoms with E-state index in [1.54, 1.807) is 0 Å². The van der Waals surface area contributed by atoms with Crippen LogP contribution >= 0.6 is 0 Å². The summed E-state index contributed by atoms with van der Waals surface area (Å²) >= 11 is 0. The number of hydrogen-bond donors (Lipinski definition) is 1. The molecule has 0 saturated carbocycles. The SMILES string of the molecule is CCCn1ccc(CNCc2ccccc2CC)c1. The van der Waals surface area contributed by atoms with Crippen LogP contribution in [0.4, 0.5) is 0 Å². The summed E-state index contributed by atoms with van der Waals surface area (Å²) in [6.45, 7) is 7.42. The fourth-order valence-corrected chi connectivity index (χ4v) is 2.41. The van der Waals surface area contributed by atoms with Gasteiger partial charge in [0.05, 0.1) is 0 Å². The zero-order valence-corrected chi connectivity index (χ0v) is 12.0. The van der Waals surface area contributed by atoms with Crippen molar-refractivity contribution in [2.75, 3.05) is 0 Å². The Labute approximate surface area is 116 Å². The van der Waals surface area contributed by atoms with E-state index in [0.29, 0.717) is 0 Å². The highest BCUT2D eigenvalue weighted by molar-refractivity contribution is 5.27. The lowest BCUT2D eigenvalue weighted by molar-refractivity contribution is 0.666. The number of nitrogens with zero attached hydrogens (tertiary/aromatic N) is 1. The van der Waals surface area contributed by atoms with Crippen molar-refractivity contribution in [1.29, 1.82) is 0 Å². The predicted molar refractivity (Wildman–Crippen MR) is 81.1 cm³/mol. The van der Waals surface area contributed by atoms with Gasteiger partial charge in [0.25, 0.3) is 0 Å². The molecule has 19 heavy (non-hydrogen) atoms. The van der Waals surface area contributed by atoms with Crippen molar-refractivity contribution in [1.82, 2.24) is 9.88 Å². The second-order valence-corrected chi connectivity index (χ2v) is 4.98. The molecule has 2 nitrogen and oxygen atoms in total. The Morgan fingerprint density at radius 1 is 1.00 bits per heavy atom. The molecule has 0 aliphatic rings. The molecule has 0 aliphatic carbocycles. The summed E-state index contributed by atoms with van der Waals surface area (Å²) in [7, 11) is 0. The molecule has 0 amide bonds. The van der Waals surface area contributed by atoms with E-state index < -0.39 is 0 Å². The number of hydrogen-bond acceptors (Lipinski definition) is 1. The van der Waals surface area contributed by atoms with E-state index in [-0.39, 0.29) is 0 Å². The van der Waals surface area contributed by atoms with Crippen LogP contribution in [0.1, 0.15) is 37.0 Å². The first-order chi connectivity index (χ1) is 9.33. The minimum Gasteiger partial charge on any atom is -0.354 e. The summed E-state index contributed by atoms with van der Waals surface area (Å²) < 4.78 is 2.26. The summed E-state index contributed by atoms with van der Waals surface area (Å²) in [4.78, 5) is 0. The fraction of sp³-hybridized carbons (Fsp3) is 0.412. The van der Waals surface area contributed by atoms with Crippen LogP contribution in [0, 0.1) is 0 Å². The number of nitrogens with one attached hydrogen (secondary N) is 1. The van der Waals surface area contributed by atoms with Gasteiger partial charge in [-0.15, -0.1) is 0 Å². The van der Waals surface area contributed by atoms with E-state index in [1.807, 2.05) is 0 Å². The normalized spacial score (nSPS) is 10.8. The standard InChI is InChI=1S/C17H24N2/c1-3-10-19-11-9-15(14-19)12-18-13-17-8-6-5-7-16(17)4-2/h5-9,11,14,18H,3-4,10,12-13H2,1-2H3. The van der Waals surface area contributed by atoms with Gasteiger partial charge in [-0.1, -0.05) is 38.1 Å². The quantitative estimate of drug-likeness (QED) is 0.798. The molecule has 0 radical (unpaired) electrons. The maximum Gasteiger partial charge on any atom is 0.0223 e. The second kappa shape index (κ2) is 7.15. The van der Waals surface area contributed by atoms with E-state index in [4.69, 9.17) is 0 Å². The average molecular weight is 256 g/mol. The van der Waals surface area contributed by atoms with Crippen molar-refractivity contribution >= 4 is 0 Å². The Balaban J connectivity index is 1.85. The zero-order chi connectivity index (χ0) is 13.5. The van der Waals surface area contributed by atoms with Crippen molar-refractivity contribution in [2.24, 2.45) is 0 Å². The van der Waals surface area contributed by atoms with E-state index in [1.165, 1.54) is 23.1 Å². The number of benzene rings is 1. The second-order valence-electron chi connectivity index (χ2n) is 4.98. The molecule has 0 spiro atoms. The van der Waals surface area contributed by atoms with Crippen LogP contribution in [0.2, 0.25) is 0 Å². The van der Waals surface area contributed by atoms with E-state index in [2.05, 4.69) is 66.5 Å². The highest BCUT2D eigenvalue weighted by atomic mass is 14.9. The van der Waals surface area contributed by atoms with Crippen LogP contribution in [-0.2, 0) is 26.1 Å². The topological polar surface area (TPSA) is 17.0 Å². The lowest BCUT2D eigenvalue weighted by atomic mass is 10.1. The third-order valence-corrected chi connectivity index (χ3v) is 3.44. The fourth-order valence-electron chi connectivity index (χ4n) is 2.41. The van der Waals surface area contributed by atoms with Crippen molar-refractivity contribution in [3.05, 3.63) is 59.4 Å². The van der Waals surface area contributed by atoms with Gasteiger partial charge in [-0.05, 0) is 35.6 Å². The molecule has 2 rings (SSSR count). The van der Waals surface area contributed by atoms with Gasteiger partial charge in [-0.2, -0.15) is 0 Å². The van der Waals surface area contributed by atoms with Gasteiger partial charge in [-0.3, -0.25) is 0 Å². The smallest absolute Gasteiger partial charge is 0.0223 e. The van der Waals surface area contributed by atoms with Crippen molar-refractivity contribution in [3.8, 4) is 0 Å². The molecular formula is C17H24N2. The van der Waals surface area contributed by atoms with Crippen LogP contribution in [0.3, 0.4) is 0 Å². The molecule has 2 heteroatoms. The molecule has 1 heterocycles. The molecular weight excluding hydrogens is 232 g/mol. The molecule has 0 saturated heterocycles. The minimum atomic E-state index is 0.939. The molecule has 0 aliphatic heterocycles. The molecule has 1 aromatic heterocycles. The summed E-state index contributed by atoms with van der Waals surface area (Å²) in [6.07, 6.45) is 6.69. The van der Waals surface area contributed by atoms with Crippen molar-refractivity contribution in [2.45, 2.75) is 46.3 Å². The molecule has 0 fully saturated rings. The Kier molecular flexibility index (Phi) is 5.22. The molecule has 0 unspecified atom stereocenters. The summed E-state index contributed by atoms with van der Waals surface area (Å²) in [5, 5.41) is 3.53. The summed E-state index contributed by atoms with van der Waals surface area (Å²) in [5.41, 5.74) is 4.22. The zero-order valence-electron chi connectivity index (χ0n) is 12.0. The number of aromatic nitrogens is 1. The van der Waals surface area contributed by atoms with Gasteiger partial charge < -0.3 is 9.88 Å². The Morgan fingerprint density at radius 3 is 2.53 bits per heavy atom. The maximum atomic E-state index is 3.53. The van der Waals surface area contributed by atoms with Crippen LogP contribution in [0.15, 0.2) is 42.7 Å². The van der Waals surface area contributed by atoms with Crippen molar-refractivity contribution < 1.29 is 0 Å². The molecule has 2 aromatic rings. The predicted octanol–water partition coefficient (Wildman–Crippen LogP) is 3.75. The van der Waals surface area contributed by atoms with Gasteiger partial charge in [0.1, 0.15) is 0 Å². The van der Waals surface area contributed by atoms with Crippen LogP contribution in [0.5, 0.6) is 0 Å². The summed E-state index contributed by atoms with van der Waals surface area (Å²) in [6, 6.07) is 10.9. The van der Waals surface area contributed by atoms with Gasteiger partial charge in [0.2, 0.25) is 0 Å². The first kappa shape index (κ1) is 13.9. The highest BCUT2D eigenvalue weighted by Gasteiger charge is 2.00. The molecule has 102 valence electrons. The Morgan fingerprint density at radius 2 is 1.79 bits per heavy atom. The first-order valence-electron chi connectivity index (χ1n) is 7.25. The first-order valence-corrected chi connectivity index (χ1v) is 7.25. The van der Waals surface area contributed by atoms with Gasteiger partial charge in [-0.25, -0.2) is 0 Å². The molecule has 1 aromatic carbocycles. The van der Waals surface area contributed by atoms with Gasteiger partial charge >= 0.3 is 0 Å². The molecule has 1 N–H and O–H groups in total. The number of rotatable bonds is 7. The number of aryl methyl sites for hydroxylation is 2.